The molecule has 2 rings (SSSR count). The van der Waals surface area contributed by atoms with Gasteiger partial charge < -0.3 is 4.74 Å². The van der Waals surface area contributed by atoms with Gasteiger partial charge in [0, 0.05) is 0 Å². The molecule has 0 fully saturated rings. The molecule has 0 aliphatic carbocycles. The molecule has 0 saturated heterocycles. The quantitative estimate of drug-likeness (QED) is 0.319. The molecule has 1 nitrogen and oxygen atoms in total. The first-order valence-corrected chi connectivity index (χ1v) is 12.1. The van der Waals surface area contributed by atoms with Gasteiger partial charge in [-0.3, -0.25) is 0 Å². The maximum absolute atomic E-state index is 7.12. The monoisotopic (exact) mass is 408 g/mol. The smallest absolute Gasteiger partial charge is 0.122 e. The minimum atomic E-state index is -0.446. The normalized spacial score (nSPS) is 13.6. The van der Waals surface area contributed by atoms with Crippen LogP contribution < -0.4 is 0 Å². The van der Waals surface area contributed by atoms with E-state index in [1.54, 1.807) is 0 Å². The molecule has 2 aromatic rings. The highest BCUT2D eigenvalue weighted by Crippen LogP contribution is 2.48. The summed E-state index contributed by atoms with van der Waals surface area (Å²) in [7, 11) is 0. The molecule has 166 valence electrons. The average Bonchev–Trinajstić information content (AvgIpc) is 2.72. The molecule has 30 heavy (non-hydrogen) atoms. The Bertz CT molecular complexity index is 657. The second-order valence-electron chi connectivity index (χ2n) is 10.1. The number of ether oxygens (including phenoxy) is 1. The van der Waals surface area contributed by atoms with Crippen LogP contribution in [0.3, 0.4) is 0 Å². The van der Waals surface area contributed by atoms with Crippen LogP contribution in [0.15, 0.2) is 60.7 Å². The zero-order chi connectivity index (χ0) is 22.0. The number of benzene rings is 2. The molecule has 0 aliphatic heterocycles. The molecule has 1 atom stereocenters. The molecule has 0 amide bonds. The summed E-state index contributed by atoms with van der Waals surface area (Å²) in [5, 5.41) is 0. The predicted octanol–water partition coefficient (Wildman–Crippen LogP) is 8.77. The summed E-state index contributed by atoms with van der Waals surface area (Å²) in [5.41, 5.74) is 1.85. The Kier molecular flexibility index (Phi) is 9.62. The molecule has 1 unspecified atom stereocenters. The Balaban J connectivity index is 2.48. The first-order valence-electron chi connectivity index (χ1n) is 12.1. The molecule has 0 saturated carbocycles. The summed E-state index contributed by atoms with van der Waals surface area (Å²) >= 11 is 0. The van der Waals surface area contributed by atoms with Gasteiger partial charge in [-0.15, -0.1) is 0 Å². The van der Waals surface area contributed by atoms with Gasteiger partial charge in [0.05, 0.1) is 5.60 Å². The molecule has 0 aromatic heterocycles. The van der Waals surface area contributed by atoms with Crippen molar-refractivity contribution in [3.63, 3.8) is 0 Å². The lowest BCUT2D eigenvalue weighted by Crippen LogP contribution is -2.46. The van der Waals surface area contributed by atoms with Gasteiger partial charge in [0.2, 0.25) is 0 Å². The topological polar surface area (TPSA) is 9.23 Å². The van der Waals surface area contributed by atoms with Crippen LogP contribution in [-0.2, 0) is 10.3 Å². The Labute approximate surface area is 186 Å². The molecule has 2 aromatic carbocycles. The molecule has 0 radical (unpaired) electrons. The summed E-state index contributed by atoms with van der Waals surface area (Å²) in [4.78, 5) is 0. The fraction of sp³-hybridized carbons (Fsp3) is 0.586. The highest BCUT2D eigenvalue weighted by atomic mass is 16.5. The number of unbranched alkanes of at least 4 members (excludes halogenated alkanes) is 5. The van der Waals surface area contributed by atoms with Crippen molar-refractivity contribution in [3.8, 4) is 0 Å². The standard InChI is InChI=1S/C29H44O/c1-7-8-9-10-11-18-23-27(24(2)3)29(30-28(4,5)6,25-19-14-12-15-20-25)26-21-16-13-17-22-26/h12-17,19-22,24,27H,7-11,18,23H2,1-6H3. The largest absolute Gasteiger partial charge is 0.360 e. The van der Waals surface area contributed by atoms with E-state index < -0.39 is 5.60 Å². The van der Waals surface area contributed by atoms with E-state index in [0.29, 0.717) is 11.8 Å². The van der Waals surface area contributed by atoms with Crippen LogP contribution in [0.4, 0.5) is 0 Å². The first-order chi connectivity index (χ1) is 14.3. The van der Waals surface area contributed by atoms with Crippen molar-refractivity contribution in [2.75, 3.05) is 0 Å². The lowest BCUT2D eigenvalue weighted by Gasteiger charge is -2.47. The van der Waals surface area contributed by atoms with E-state index in [-0.39, 0.29) is 5.60 Å². The van der Waals surface area contributed by atoms with Crippen molar-refractivity contribution in [2.45, 2.75) is 97.7 Å². The van der Waals surface area contributed by atoms with E-state index in [1.165, 1.54) is 56.1 Å². The van der Waals surface area contributed by atoms with Gasteiger partial charge in [-0.25, -0.2) is 0 Å². The zero-order valence-electron chi connectivity index (χ0n) is 20.3. The molecular weight excluding hydrogens is 364 g/mol. The Morgan fingerprint density at radius 1 is 0.700 bits per heavy atom. The van der Waals surface area contributed by atoms with Gasteiger partial charge in [0.15, 0.2) is 0 Å². The summed E-state index contributed by atoms with van der Waals surface area (Å²) in [6.45, 7) is 13.6. The lowest BCUT2D eigenvalue weighted by atomic mass is 9.68. The van der Waals surface area contributed by atoms with Crippen molar-refractivity contribution < 1.29 is 4.74 Å². The van der Waals surface area contributed by atoms with Crippen molar-refractivity contribution in [2.24, 2.45) is 11.8 Å². The Morgan fingerprint density at radius 3 is 1.60 bits per heavy atom. The zero-order valence-corrected chi connectivity index (χ0v) is 20.3. The van der Waals surface area contributed by atoms with Gasteiger partial charge in [0.1, 0.15) is 5.60 Å². The van der Waals surface area contributed by atoms with E-state index in [2.05, 4.69) is 102 Å². The van der Waals surface area contributed by atoms with E-state index in [4.69, 9.17) is 4.74 Å². The summed E-state index contributed by atoms with van der Waals surface area (Å²) in [6.07, 6.45) is 9.15. The van der Waals surface area contributed by atoms with E-state index in [9.17, 15) is 0 Å². The van der Waals surface area contributed by atoms with Crippen molar-refractivity contribution in [1.29, 1.82) is 0 Å². The minimum Gasteiger partial charge on any atom is -0.360 e. The van der Waals surface area contributed by atoms with Crippen LogP contribution in [0.25, 0.3) is 0 Å². The van der Waals surface area contributed by atoms with Gasteiger partial charge in [-0.05, 0) is 50.2 Å². The van der Waals surface area contributed by atoms with Crippen molar-refractivity contribution in [3.05, 3.63) is 71.8 Å². The molecule has 0 N–H and O–H groups in total. The fourth-order valence-corrected chi connectivity index (χ4v) is 4.79. The third kappa shape index (κ3) is 6.71. The van der Waals surface area contributed by atoms with Crippen LogP contribution in [0, 0.1) is 11.8 Å². The van der Waals surface area contributed by atoms with Crippen LogP contribution in [0.2, 0.25) is 0 Å². The van der Waals surface area contributed by atoms with E-state index >= 15 is 0 Å². The predicted molar refractivity (Wildman–Crippen MR) is 131 cm³/mol. The minimum absolute atomic E-state index is 0.250. The second-order valence-corrected chi connectivity index (χ2v) is 10.1. The van der Waals surface area contributed by atoms with Crippen molar-refractivity contribution in [1.82, 2.24) is 0 Å². The van der Waals surface area contributed by atoms with Crippen molar-refractivity contribution >= 4 is 0 Å². The number of rotatable bonds is 12. The fourth-order valence-electron chi connectivity index (χ4n) is 4.79. The first kappa shape index (κ1) is 24.7. The van der Waals surface area contributed by atoms with E-state index in [0.717, 1.165) is 0 Å². The number of hydrogen-bond acceptors (Lipinski definition) is 1. The van der Waals surface area contributed by atoms with Crippen LogP contribution in [-0.4, -0.2) is 5.60 Å². The van der Waals surface area contributed by atoms with Crippen LogP contribution in [0.1, 0.15) is 97.6 Å². The second kappa shape index (κ2) is 11.7. The van der Waals surface area contributed by atoms with Crippen LogP contribution >= 0.6 is 0 Å². The summed E-state index contributed by atoms with van der Waals surface area (Å²) in [6, 6.07) is 21.9. The van der Waals surface area contributed by atoms with Gasteiger partial charge >= 0.3 is 0 Å². The van der Waals surface area contributed by atoms with Gasteiger partial charge in [-0.1, -0.05) is 120 Å². The average molecular weight is 409 g/mol. The molecule has 0 heterocycles. The highest BCUT2D eigenvalue weighted by molar-refractivity contribution is 5.38. The lowest BCUT2D eigenvalue weighted by molar-refractivity contribution is -0.154. The molecule has 1 heteroatoms. The maximum Gasteiger partial charge on any atom is 0.122 e. The highest BCUT2D eigenvalue weighted by Gasteiger charge is 2.46. The molecule has 0 spiro atoms. The maximum atomic E-state index is 7.12. The third-order valence-electron chi connectivity index (χ3n) is 6.07. The summed E-state index contributed by atoms with van der Waals surface area (Å²) < 4.78 is 7.12. The Morgan fingerprint density at radius 2 is 1.17 bits per heavy atom. The van der Waals surface area contributed by atoms with Crippen LogP contribution in [0.5, 0.6) is 0 Å². The molecule has 0 aliphatic rings. The molecular formula is C29H44O. The van der Waals surface area contributed by atoms with E-state index in [1.807, 2.05) is 0 Å². The summed E-state index contributed by atoms with van der Waals surface area (Å²) in [5.74, 6) is 0.927. The van der Waals surface area contributed by atoms with Gasteiger partial charge in [0.25, 0.3) is 0 Å². The van der Waals surface area contributed by atoms with Gasteiger partial charge in [-0.2, -0.15) is 0 Å². The molecule has 0 bridgehead atoms. The third-order valence-corrected chi connectivity index (χ3v) is 6.07. The number of hydrogen-bond donors (Lipinski definition) is 0. The SMILES string of the molecule is CCCCCCCCC(C(C)C)C(OC(C)(C)C)(c1ccccc1)c1ccccc1. The Hall–Kier alpha value is -1.60.